The van der Waals surface area contributed by atoms with Crippen molar-refractivity contribution in [1.82, 2.24) is 15.0 Å². The fourth-order valence-electron chi connectivity index (χ4n) is 3.52. The van der Waals surface area contributed by atoms with Crippen molar-refractivity contribution in [3.63, 3.8) is 0 Å². The molecule has 9 heteroatoms. The van der Waals surface area contributed by atoms with E-state index < -0.39 is 29.2 Å². The number of likely N-dealkylation sites (tertiary alicyclic amines) is 1. The average Bonchev–Trinajstić information content (AvgIpc) is 3.14. The molecule has 2 aromatic carbocycles. The lowest BCUT2D eigenvalue weighted by atomic mass is 10.0. The van der Waals surface area contributed by atoms with Gasteiger partial charge in [-0.15, -0.1) is 0 Å². The second kappa shape index (κ2) is 10.4. The lowest BCUT2D eigenvalue weighted by Crippen LogP contribution is -2.34. The van der Waals surface area contributed by atoms with Gasteiger partial charge in [-0.05, 0) is 43.2 Å². The molecule has 1 atom stereocenters. The fourth-order valence-corrected chi connectivity index (χ4v) is 3.52. The molecule has 0 aliphatic carbocycles. The molecule has 0 spiro atoms. The summed E-state index contributed by atoms with van der Waals surface area (Å²) in [5.41, 5.74) is 0.0372. The van der Waals surface area contributed by atoms with Gasteiger partial charge in [0, 0.05) is 30.6 Å². The molecule has 0 saturated carbocycles. The zero-order valence-electron chi connectivity index (χ0n) is 17.7. The van der Waals surface area contributed by atoms with E-state index in [1.165, 1.54) is 12.1 Å². The molecule has 0 radical (unpaired) electrons. The summed E-state index contributed by atoms with van der Waals surface area (Å²) in [6, 6.07) is 6.07. The molecular weight excluding hydrogens is 426 g/mol. The Bertz CT molecular complexity index is 1090. The average molecular weight is 449 g/mol. The van der Waals surface area contributed by atoms with Crippen molar-refractivity contribution < 1.29 is 26.9 Å². The van der Waals surface area contributed by atoms with Gasteiger partial charge in [0.05, 0.1) is 5.56 Å². The number of carbonyl (C=O) groups excluding carboxylic acids is 1. The van der Waals surface area contributed by atoms with Crippen LogP contribution in [0.2, 0.25) is 0 Å². The van der Waals surface area contributed by atoms with Crippen LogP contribution in [0.3, 0.4) is 0 Å². The standard InChI is InChI=1S/C21H17F4N3O2.C2H6/c22-14-5-6-15(17(24)10-14)20-26-19(27-30-20)13-3-1-2-8-28(11-13)21(29)12-4-7-16(23)18(25)9-12;1-2/h4-7,9-10,13H,1-3,8,11H2;1-2H3. The van der Waals surface area contributed by atoms with Crippen molar-refractivity contribution in [3.8, 4) is 11.5 Å². The van der Waals surface area contributed by atoms with Crippen molar-refractivity contribution in [1.29, 1.82) is 0 Å². The van der Waals surface area contributed by atoms with Crippen LogP contribution in [-0.4, -0.2) is 34.0 Å². The third kappa shape index (κ3) is 5.15. The molecule has 1 unspecified atom stereocenters. The van der Waals surface area contributed by atoms with Crippen LogP contribution in [0.25, 0.3) is 11.5 Å². The first-order valence-corrected chi connectivity index (χ1v) is 10.5. The topological polar surface area (TPSA) is 59.2 Å². The van der Waals surface area contributed by atoms with Crippen molar-refractivity contribution in [2.24, 2.45) is 0 Å². The van der Waals surface area contributed by atoms with Crippen molar-refractivity contribution >= 4 is 5.91 Å². The number of rotatable bonds is 3. The molecule has 1 aliphatic heterocycles. The van der Waals surface area contributed by atoms with E-state index in [4.69, 9.17) is 4.52 Å². The number of carbonyl (C=O) groups is 1. The zero-order chi connectivity index (χ0) is 23.3. The lowest BCUT2D eigenvalue weighted by Gasteiger charge is -2.23. The molecule has 2 heterocycles. The van der Waals surface area contributed by atoms with Gasteiger partial charge in [-0.1, -0.05) is 25.4 Å². The Morgan fingerprint density at radius 2 is 1.78 bits per heavy atom. The van der Waals surface area contributed by atoms with E-state index in [-0.39, 0.29) is 29.5 Å². The van der Waals surface area contributed by atoms with Gasteiger partial charge in [0.1, 0.15) is 11.6 Å². The predicted octanol–water partition coefficient (Wildman–Crippen LogP) is 5.73. The maximum atomic E-state index is 14.0. The quantitative estimate of drug-likeness (QED) is 0.479. The number of hydrogen-bond donors (Lipinski definition) is 0. The largest absolute Gasteiger partial charge is 0.338 e. The third-order valence-electron chi connectivity index (χ3n) is 5.09. The van der Waals surface area contributed by atoms with E-state index in [0.717, 1.165) is 37.1 Å². The van der Waals surface area contributed by atoms with Gasteiger partial charge < -0.3 is 9.42 Å². The summed E-state index contributed by atoms with van der Waals surface area (Å²) in [5, 5.41) is 3.92. The van der Waals surface area contributed by atoms with Crippen LogP contribution in [0.15, 0.2) is 40.9 Å². The first kappa shape index (κ1) is 23.4. The van der Waals surface area contributed by atoms with Gasteiger partial charge >= 0.3 is 0 Å². The Morgan fingerprint density at radius 1 is 1.00 bits per heavy atom. The fraction of sp³-hybridized carbons (Fsp3) is 0.348. The van der Waals surface area contributed by atoms with Crippen LogP contribution in [0.4, 0.5) is 17.6 Å². The highest BCUT2D eigenvalue weighted by molar-refractivity contribution is 5.94. The van der Waals surface area contributed by atoms with Gasteiger partial charge in [-0.25, -0.2) is 17.6 Å². The first-order valence-electron chi connectivity index (χ1n) is 10.5. The molecule has 0 N–H and O–H groups in total. The Balaban J connectivity index is 0.00000141. The monoisotopic (exact) mass is 449 g/mol. The number of hydrogen-bond acceptors (Lipinski definition) is 4. The molecule has 170 valence electrons. The van der Waals surface area contributed by atoms with Crippen molar-refractivity contribution in [3.05, 3.63) is 71.1 Å². The van der Waals surface area contributed by atoms with Crippen LogP contribution in [-0.2, 0) is 0 Å². The van der Waals surface area contributed by atoms with E-state index in [1.54, 1.807) is 4.90 Å². The van der Waals surface area contributed by atoms with Crippen molar-refractivity contribution in [2.75, 3.05) is 13.1 Å². The minimum absolute atomic E-state index is 0.0153. The van der Waals surface area contributed by atoms with Crippen LogP contribution in [0, 0.1) is 23.3 Å². The minimum atomic E-state index is -1.09. The molecule has 3 aromatic rings. The van der Waals surface area contributed by atoms with Gasteiger partial charge in [-0.3, -0.25) is 4.79 Å². The molecule has 1 saturated heterocycles. The highest BCUT2D eigenvalue weighted by Crippen LogP contribution is 2.29. The van der Waals surface area contributed by atoms with Gasteiger partial charge in [0.15, 0.2) is 17.5 Å². The number of aromatic nitrogens is 2. The Hall–Kier alpha value is -3.23. The Kier molecular flexibility index (Phi) is 7.61. The first-order chi connectivity index (χ1) is 15.4. The smallest absolute Gasteiger partial charge is 0.260 e. The second-order valence-electron chi connectivity index (χ2n) is 7.15. The summed E-state index contributed by atoms with van der Waals surface area (Å²) < 4.78 is 59.0. The summed E-state index contributed by atoms with van der Waals surface area (Å²) >= 11 is 0. The third-order valence-corrected chi connectivity index (χ3v) is 5.09. The highest BCUT2D eigenvalue weighted by Gasteiger charge is 2.28. The van der Waals surface area contributed by atoms with Gasteiger partial charge in [0.25, 0.3) is 11.8 Å². The van der Waals surface area contributed by atoms with Crippen LogP contribution in [0.5, 0.6) is 0 Å². The summed E-state index contributed by atoms with van der Waals surface area (Å²) in [5.74, 6) is -4.11. The summed E-state index contributed by atoms with van der Waals surface area (Å²) in [7, 11) is 0. The van der Waals surface area contributed by atoms with E-state index >= 15 is 0 Å². The second-order valence-corrected chi connectivity index (χ2v) is 7.15. The molecule has 1 aromatic heterocycles. The van der Waals surface area contributed by atoms with E-state index in [0.29, 0.717) is 18.8 Å². The maximum absolute atomic E-state index is 14.0. The molecular formula is C23H23F4N3O2. The van der Waals surface area contributed by atoms with E-state index in [9.17, 15) is 22.4 Å². The van der Waals surface area contributed by atoms with Crippen LogP contribution in [0.1, 0.15) is 55.2 Å². The minimum Gasteiger partial charge on any atom is -0.338 e. The molecule has 1 fully saturated rings. The summed E-state index contributed by atoms with van der Waals surface area (Å²) in [4.78, 5) is 18.6. The molecule has 1 aliphatic rings. The maximum Gasteiger partial charge on any atom is 0.260 e. The lowest BCUT2D eigenvalue weighted by molar-refractivity contribution is 0.0752. The van der Waals surface area contributed by atoms with Gasteiger partial charge in [0.2, 0.25) is 0 Å². The van der Waals surface area contributed by atoms with Crippen LogP contribution < -0.4 is 0 Å². The van der Waals surface area contributed by atoms with E-state index in [2.05, 4.69) is 10.1 Å². The number of halogens is 4. The van der Waals surface area contributed by atoms with Crippen molar-refractivity contribution in [2.45, 2.75) is 39.0 Å². The van der Waals surface area contributed by atoms with Gasteiger partial charge in [-0.2, -0.15) is 4.98 Å². The predicted molar refractivity (Wildman–Crippen MR) is 110 cm³/mol. The SMILES string of the molecule is CC.O=C(c1ccc(F)c(F)c1)N1CCCCC(c2noc(-c3ccc(F)cc3F)n2)C1. The zero-order valence-corrected chi connectivity index (χ0v) is 17.7. The number of nitrogens with zero attached hydrogens (tertiary/aromatic N) is 3. The molecule has 5 nitrogen and oxygen atoms in total. The molecule has 32 heavy (non-hydrogen) atoms. The molecule has 1 amide bonds. The Morgan fingerprint density at radius 3 is 2.50 bits per heavy atom. The number of amides is 1. The molecule has 4 rings (SSSR count). The van der Waals surface area contributed by atoms with E-state index in [1.807, 2.05) is 13.8 Å². The molecule has 0 bridgehead atoms. The Labute approximate surface area is 183 Å². The summed E-state index contributed by atoms with van der Waals surface area (Å²) in [6.07, 6.45) is 2.19. The highest BCUT2D eigenvalue weighted by atomic mass is 19.2. The summed E-state index contributed by atoms with van der Waals surface area (Å²) in [6.45, 7) is 4.70. The number of benzene rings is 2. The van der Waals surface area contributed by atoms with Crippen LogP contribution >= 0.6 is 0 Å². The normalized spacial score (nSPS) is 16.2.